The second-order valence-electron chi connectivity index (χ2n) is 8.72. The predicted octanol–water partition coefficient (Wildman–Crippen LogP) is 4.45. The second kappa shape index (κ2) is 10.2. The molecule has 1 N–H and O–H groups in total. The number of aliphatic hydroxyl groups excluding tert-OH is 1. The Morgan fingerprint density at radius 1 is 1.00 bits per heavy atom. The summed E-state index contributed by atoms with van der Waals surface area (Å²) in [5, 5.41) is 11.0. The molecular weight excluding hydrogens is 405 g/mol. The van der Waals surface area contributed by atoms with E-state index >= 15 is 0 Å². The molecule has 0 amide bonds. The molecule has 0 spiro atoms. The highest BCUT2D eigenvalue weighted by molar-refractivity contribution is 5.25. The summed E-state index contributed by atoms with van der Waals surface area (Å²) in [7, 11) is 0. The molecule has 2 heterocycles. The summed E-state index contributed by atoms with van der Waals surface area (Å²) >= 11 is 0. The maximum absolute atomic E-state index is 13.5. The highest BCUT2D eigenvalue weighted by Gasteiger charge is 2.37. The van der Waals surface area contributed by atoms with E-state index in [0.717, 1.165) is 43.6 Å². The molecule has 1 aromatic carbocycles. The zero-order valence-electron chi connectivity index (χ0n) is 18.6. The maximum Gasteiger partial charge on any atom is 0.126 e. The lowest BCUT2D eigenvalue weighted by Gasteiger charge is -2.29. The minimum atomic E-state index is -0.599. The normalized spacial score (nSPS) is 20.6. The number of aryl methyl sites for hydroxylation is 2. The van der Waals surface area contributed by atoms with Crippen LogP contribution in [-0.4, -0.2) is 38.7 Å². The number of hydrogen-bond acceptors (Lipinski definition) is 5. The fourth-order valence-corrected chi connectivity index (χ4v) is 4.42. The second-order valence-corrected chi connectivity index (χ2v) is 8.72. The number of hydrogen-bond donors (Lipinski definition) is 1. The van der Waals surface area contributed by atoms with Gasteiger partial charge in [0.05, 0.1) is 6.10 Å². The largest absolute Gasteiger partial charge is 0.488 e. The van der Waals surface area contributed by atoms with Crippen LogP contribution in [0.4, 0.5) is 4.39 Å². The van der Waals surface area contributed by atoms with E-state index in [0.29, 0.717) is 5.75 Å². The van der Waals surface area contributed by atoms with Crippen molar-refractivity contribution in [3.8, 4) is 5.75 Å². The average molecular weight is 436 g/mol. The van der Waals surface area contributed by atoms with Gasteiger partial charge in [0.2, 0.25) is 0 Å². The summed E-state index contributed by atoms with van der Waals surface area (Å²) in [6, 6.07) is 10.2. The van der Waals surface area contributed by atoms with Gasteiger partial charge in [-0.1, -0.05) is 6.07 Å². The zero-order valence-corrected chi connectivity index (χ0v) is 18.6. The molecular formula is C26H30FN3O2. The summed E-state index contributed by atoms with van der Waals surface area (Å²) in [6.45, 7) is 6.44. The molecule has 1 saturated carbocycles. The molecule has 4 rings (SSSR count). The summed E-state index contributed by atoms with van der Waals surface area (Å²) in [5.41, 5.74) is 4.77. The van der Waals surface area contributed by atoms with Gasteiger partial charge in [0.15, 0.2) is 0 Å². The van der Waals surface area contributed by atoms with Crippen LogP contribution in [0.15, 0.2) is 61.2 Å². The van der Waals surface area contributed by atoms with Crippen molar-refractivity contribution in [2.24, 2.45) is 5.92 Å². The SMILES string of the molecule is Cc1cnccc1CN(Cc1ccncc1C)C[C@H]1CC[C@@H](Oc2cccc(F)c2)[C@@H]1O. The minimum Gasteiger partial charge on any atom is -0.488 e. The lowest BCUT2D eigenvalue weighted by molar-refractivity contribution is 0.0228. The Kier molecular flexibility index (Phi) is 7.12. The Labute approximate surface area is 188 Å². The molecule has 1 aliphatic rings. The van der Waals surface area contributed by atoms with Gasteiger partial charge in [-0.2, -0.15) is 0 Å². The molecule has 168 valence electrons. The van der Waals surface area contributed by atoms with Crippen LogP contribution >= 0.6 is 0 Å². The van der Waals surface area contributed by atoms with Crippen molar-refractivity contribution in [1.29, 1.82) is 0 Å². The molecule has 0 saturated heterocycles. The van der Waals surface area contributed by atoms with Gasteiger partial charge in [-0.3, -0.25) is 14.9 Å². The highest BCUT2D eigenvalue weighted by atomic mass is 19.1. The first-order valence-corrected chi connectivity index (χ1v) is 11.1. The van der Waals surface area contributed by atoms with Gasteiger partial charge in [0.1, 0.15) is 17.7 Å². The van der Waals surface area contributed by atoms with Crippen molar-refractivity contribution < 1.29 is 14.2 Å². The Balaban J connectivity index is 1.47. The van der Waals surface area contributed by atoms with Crippen LogP contribution in [0.25, 0.3) is 0 Å². The molecule has 3 aromatic rings. The fourth-order valence-electron chi connectivity index (χ4n) is 4.42. The molecule has 2 aromatic heterocycles. The number of halogens is 1. The number of aliphatic hydroxyl groups is 1. The summed E-state index contributed by atoms with van der Waals surface area (Å²) < 4.78 is 19.4. The lowest BCUT2D eigenvalue weighted by atomic mass is 10.0. The number of rotatable bonds is 8. The van der Waals surface area contributed by atoms with E-state index in [2.05, 4.69) is 40.8 Å². The maximum atomic E-state index is 13.5. The van der Waals surface area contributed by atoms with Crippen LogP contribution < -0.4 is 4.74 Å². The predicted molar refractivity (Wildman–Crippen MR) is 122 cm³/mol. The third-order valence-corrected chi connectivity index (χ3v) is 6.32. The molecule has 0 bridgehead atoms. The third-order valence-electron chi connectivity index (χ3n) is 6.32. The van der Waals surface area contributed by atoms with Crippen molar-refractivity contribution >= 4 is 0 Å². The molecule has 5 nitrogen and oxygen atoms in total. The first-order chi connectivity index (χ1) is 15.5. The van der Waals surface area contributed by atoms with E-state index < -0.39 is 6.10 Å². The van der Waals surface area contributed by atoms with E-state index in [1.807, 2.05) is 24.8 Å². The Morgan fingerprint density at radius 2 is 1.66 bits per heavy atom. The quantitative estimate of drug-likeness (QED) is 0.566. The number of pyridine rings is 2. The Bertz CT molecular complexity index is 997. The van der Waals surface area contributed by atoms with Crippen LogP contribution in [0.3, 0.4) is 0 Å². The van der Waals surface area contributed by atoms with E-state index in [4.69, 9.17) is 4.74 Å². The van der Waals surface area contributed by atoms with Crippen LogP contribution in [0.2, 0.25) is 0 Å². The summed E-state index contributed by atoms with van der Waals surface area (Å²) in [5.74, 6) is 0.211. The van der Waals surface area contributed by atoms with Gasteiger partial charge in [-0.25, -0.2) is 4.39 Å². The standard InChI is InChI=1S/C26H30FN3O2/c1-18-13-28-10-8-20(18)15-30(16-21-9-11-29-14-19(21)2)17-22-6-7-25(26(22)31)32-24-5-3-4-23(27)12-24/h3-5,8-14,22,25-26,31H,6-7,15-17H2,1-2H3/t22-,25-,26-/m1/s1. The van der Waals surface area contributed by atoms with Gasteiger partial charge in [-0.05, 0) is 73.2 Å². The minimum absolute atomic E-state index is 0.0813. The van der Waals surface area contributed by atoms with Crippen LogP contribution in [0.5, 0.6) is 5.75 Å². The number of ether oxygens (including phenoxy) is 1. The molecule has 0 radical (unpaired) electrons. The Morgan fingerprint density at radius 3 is 2.25 bits per heavy atom. The fraction of sp³-hybridized carbons (Fsp3) is 0.385. The molecule has 6 heteroatoms. The van der Waals surface area contributed by atoms with Gasteiger partial charge >= 0.3 is 0 Å². The van der Waals surface area contributed by atoms with Crippen molar-refractivity contribution in [3.05, 3.63) is 89.3 Å². The third kappa shape index (κ3) is 5.50. The zero-order chi connectivity index (χ0) is 22.5. The van der Waals surface area contributed by atoms with Gasteiger partial charge < -0.3 is 9.84 Å². The van der Waals surface area contributed by atoms with E-state index in [1.54, 1.807) is 12.1 Å². The van der Waals surface area contributed by atoms with Crippen LogP contribution in [-0.2, 0) is 13.1 Å². The topological polar surface area (TPSA) is 58.5 Å². The Hall–Kier alpha value is -2.83. The van der Waals surface area contributed by atoms with Gasteiger partial charge in [-0.15, -0.1) is 0 Å². The number of aromatic nitrogens is 2. The van der Waals surface area contributed by atoms with Gasteiger partial charge in [0, 0.05) is 56.4 Å². The summed E-state index contributed by atoms with van der Waals surface area (Å²) in [6.07, 6.45) is 8.11. The average Bonchev–Trinajstić information content (AvgIpc) is 3.10. The highest BCUT2D eigenvalue weighted by Crippen LogP contribution is 2.31. The van der Waals surface area contributed by atoms with Crippen LogP contribution in [0, 0.1) is 25.6 Å². The van der Waals surface area contributed by atoms with Crippen molar-refractivity contribution in [2.45, 2.75) is 52.0 Å². The van der Waals surface area contributed by atoms with E-state index in [9.17, 15) is 9.50 Å². The molecule has 0 unspecified atom stereocenters. The first kappa shape index (κ1) is 22.4. The van der Waals surface area contributed by atoms with E-state index in [1.165, 1.54) is 23.3 Å². The molecule has 3 atom stereocenters. The van der Waals surface area contributed by atoms with Gasteiger partial charge in [0.25, 0.3) is 0 Å². The van der Waals surface area contributed by atoms with Crippen molar-refractivity contribution in [3.63, 3.8) is 0 Å². The summed E-state index contributed by atoms with van der Waals surface area (Å²) in [4.78, 5) is 10.8. The molecule has 32 heavy (non-hydrogen) atoms. The first-order valence-electron chi connectivity index (χ1n) is 11.1. The van der Waals surface area contributed by atoms with E-state index in [-0.39, 0.29) is 17.8 Å². The molecule has 1 fully saturated rings. The smallest absolute Gasteiger partial charge is 0.126 e. The van der Waals surface area contributed by atoms with Crippen molar-refractivity contribution in [1.82, 2.24) is 14.9 Å². The van der Waals surface area contributed by atoms with Crippen LogP contribution in [0.1, 0.15) is 35.1 Å². The molecule has 1 aliphatic carbocycles. The lowest BCUT2D eigenvalue weighted by Crippen LogP contribution is -2.37. The molecule has 0 aliphatic heterocycles. The van der Waals surface area contributed by atoms with Crippen molar-refractivity contribution in [2.75, 3.05) is 6.54 Å². The number of benzene rings is 1. The number of nitrogens with zero attached hydrogens (tertiary/aromatic N) is 3. The monoisotopic (exact) mass is 435 g/mol.